The molecule has 0 fully saturated rings. The van der Waals surface area contributed by atoms with E-state index in [-0.39, 0.29) is 0 Å². The molecule has 1 aliphatic carbocycles. The Kier molecular flexibility index (Phi) is 3.91. The van der Waals surface area contributed by atoms with Crippen LogP contribution in [0.1, 0.15) is 28.3 Å². The average Bonchev–Trinajstić information content (AvgIpc) is 3.26. The molecule has 1 unspecified atom stereocenters. The number of aryl methyl sites for hydroxylation is 1. The molecule has 1 atom stereocenters. The van der Waals surface area contributed by atoms with Gasteiger partial charge in [-0.2, -0.15) is 0 Å². The van der Waals surface area contributed by atoms with Crippen LogP contribution in [0.5, 0.6) is 0 Å². The highest BCUT2D eigenvalue weighted by atomic mass is 32.2. The van der Waals surface area contributed by atoms with Crippen molar-refractivity contribution in [2.45, 2.75) is 30.6 Å². The SMILES string of the molecule is Cc1ccc(S(=O)(=O)n2c3c(c4ccccc42)CC(c2ccccc2)C3)cc1. The first-order valence-electron chi connectivity index (χ1n) is 9.54. The molecule has 0 saturated heterocycles. The Morgan fingerprint density at radius 1 is 0.821 bits per heavy atom. The quantitative estimate of drug-likeness (QED) is 0.492. The number of rotatable bonds is 3. The van der Waals surface area contributed by atoms with Gasteiger partial charge in [-0.3, -0.25) is 0 Å². The summed E-state index contributed by atoms with van der Waals surface area (Å²) in [6.07, 6.45) is 1.61. The summed E-state index contributed by atoms with van der Waals surface area (Å²) in [7, 11) is -3.65. The van der Waals surface area contributed by atoms with Crippen LogP contribution in [-0.2, 0) is 22.9 Å². The lowest BCUT2D eigenvalue weighted by molar-refractivity contribution is 0.586. The average molecular weight is 388 g/mol. The predicted molar refractivity (Wildman–Crippen MR) is 112 cm³/mol. The minimum atomic E-state index is -3.65. The van der Waals surface area contributed by atoms with Gasteiger partial charge in [-0.05, 0) is 55.0 Å². The maximum absolute atomic E-state index is 13.6. The summed E-state index contributed by atoms with van der Waals surface area (Å²) in [5.74, 6) is 0.315. The minimum absolute atomic E-state index is 0.315. The maximum atomic E-state index is 13.6. The summed E-state index contributed by atoms with van der Waals surface area (Å²) in [6, 6.07) is 25.4. The zero-order valence-electron chi connectivity index (χ0n) is 15.7. The molecule has 0 saturated carbocycles. The van der Waals surface area contributed by atoms with Crippen LogP contribution in [0.4, 0.5) is 0 Å². The second kappa shape index (κ2) is 6.35. The van der Waals surface area contributed by atoms with E-state index in [2.05, 4.69) is 12.1 Å². The first kappa shape index (κ1) is 17.3. The third kappa shape index (κ3) is 2.60. The van der Waals surface area contributed by atoms with E-state index < -0.39 is 10.0 Å². The van der Waals surface area contributed by atoms with Gasteiger partial charge in [0, 0.05) is 11.1 Å². The molecular formula is C24H21NO2S. The van der Waals surface area contributed by atoms with Crippen LogP contribution in [0, 0.1) is 6.92 Å². The summed E-state index contributed by atoms with van der Waals surface area (Å²) < 4.78 is 28.8. The van der Waals surface area contributed by atoms with Crippen LogP contribution < -0.4 is 0 Å². The van der Waals surface area contributed by atoms with Gasteiger partial charge >= 0.3 is 0 Å². The molecule has 1 aliphatic rings. The fourth-order valence-corrected chi connectivity index (χ4v) is 5.95. The summed E-state index contributed by atoms with van der Waals surface area (Å²) >= 11 is 0. The van der Waals surface area contributed by atoms with Crippen LogP contribution in [0.3, 0.4) is 0 Å². The molecule has 3 aromatic carbocycles. The number of nitrogens with zero attached hydrogens (tertiary/aromatic N) is 1. The Morgan fingerprint density at radius 3 is 2.25 bits per heavy atom. The van der Waals surface area contributed by atoms with Crippen molar-refractivity contribution in [3.8, 4) is 0 Å². The molecule has 5 rings (SSSR count). The first-order chi connectivity index (χ1) is 13.6. The zero-order chi connectivity index (χ0) is 19.3. The zero-order valence-corrected chi connectivity index (χ0v) is 16.5. The Hall–Kier alpha value is -2.85. The molecule has 140 valence electrons. The molecule has 1 aromatic heterocycles. The number of para-hydroxylation sites is 1. The normalized spacial score (nSPS) is 16.4. The van der Waals surface area contributed by atoms with Gasteiger partial charge in [-0.15, -0.1) is 0 Å². The van der Waals surface area contributed by atoms with Gasteiger partial charge in [0.25, 0.3) is 10.0 Å². The molecule has 4 heteroatoms. The van der Waals surface area contributed by atoms with Crippen LogP contribution >= 0.6 is 0 Å². The van der Waals surface area contributed by atoms with Crippen LogP contribution in [-0.4, -0.2) is 12.4 Å². The second-order valence-electron chi connectivity index (χ2n) is 7.54. The van der Waals surface area contributed by atoms with E-state index in [1.54, 1.807) is 16.1 Å². The Balaban J connectivity index is 1.70. The van der Waals surface area contributed by atoms with Gasteiger partial charge in [-0.1, -0.05) is 66.2 Å². The molecule has 1 heterocycles. The largest absolute Gasteiger partial charge is 0.268 e. The number of fused-ring (bicyclic) bond motifs is 3. The number of benzene rings is 3. The predicted octanol–water partition coefficient (Wildman–Crippen LogP) is 5.07. The monoisotopic (exact) mass is 387 g/mol. The molecule has 0 amide bonds. The van der Waals surface area contributed by atoms with E-state index in [1.165, 1.54) is 11.1 Å². The Morgan fingerprint density at radius 2 is 1.50 bits per heavy atom. The number of hydrogen-bond acceptors (Lipinski definition) is 2. The van der Waals surface area contributed by atoms with Gasteiger partial charge in [0.05, 0.1) is 10.4 Å². The second-order valence-corrected chi connectivity index (χ2v) is 9.33. The summed E-state index contributed by atoms with van der Waals surface area (Å²) in [5, 5.41) is 1.05. The van der Waals surface area contributed by atoms with Crippen LogP contribution in [0.15, 0.2) is 83.8 Å². The highest BCUT2D eigenvalue weighted by Crippen LogP contribution is 2.41. The van der Waals surface area contributed by atoms with E-state index in [9.17, 15) is 8.42 Å². The summed E-state index contributed by atoms with van der Waals surface area (Å²) in [6.45, 7) is 1.96. The molecule has 0 N–H and O–H groups in total. The molecule has 4 aromatic rings. The molecule has 0 radical (unpaired) electrons. The highest BCUT2D eigenvalue weighted by Gasteiger charge is 2.33. The van der Waals surface area contributed by atoms with E-state index in [0.717, 1.165) is 35.0 Å². The van der Waals surface area contributed by atoms with Crippen LogP contribution in [0.2, 0.25) is 0 Å². The van der Waals surface area contributed by atoms with E-state index >= 15 is 0 Å². The van der Waals surface area contributed by atoms with Gasteiger partial charge in [0.2, 0.25) is 0 Å². The lowest BCUT2D eigenvalue weighted by Crippen LogP contribution is -2.16. The van der Waals surface area contributed by atoms with Gasteiger partial charge in [0.1, 0.15) is 0 Å². The summed E-state index contributed by atoms with van der Waals surface area (Å²) in [4.78, 5) is 0.338. The van der Waals surface area contributed by atoms with Crippen molar-refractivity contribution < 1.29 is 8.42 Å². The Labute approximate surface area is 165 Å². The molecular weight excluding hydrogens is 366 g/mol. The molecule has 28 heavy (non-hydrogen) atoms. The lowest BCUT2D eigenvalue weighted by atomic mass is 9.96. The topological polar surface area (TPSA) is 39.1 Å². The van der Waals surface area contributed by atoms with E-state index in [0.29, 0.717) is 10.8 Å². The smallest absolute Gasteiger partial charge is 0.238 e. The number of aromatic nitrogens is 1. The lowest BCUT2D eigenvalue weighted by Gasteiger charge is -2.14. The molecule has 0 spiro atoms. The van der Waals surface area contributed by atoms with Crippen LogP contribution in [0.25, 0.3) is 10.9 Å². The van der Waals surface area contributed by atoms with E-state index in [4.69, 9.17) is 0 Å². The third-order valence-corrected chi connectivity index (χ3v) is 7.53. The van der Waals surface area contributed by atoms with Crippen molar-refractivity contribution in [1.82, 2.24) is 3.97 Å². The van der Waals surface area contributed by atoms with Gasteiger partial charge in [-0.25, -0.2) is 12.4 Å². The Bertz CT molecular complexity index is 1270. The van der Waals surface area contributed by atoms with Gasteiger partial charge < -0.3 is 0 Å². The van der Waals surface area contributed by atoms with Crippen molar-refractivity contribution in [3.63, 3.8) is 0 Å². The molecule has 0 bridgehead atoms. The fraction of sp³-hybridized carbons (Fsp3) is 0.167. The third-order valence-electron chi connectivity index (χ3n) is 5.76. The van der Waals surface area contributed by atoms with Crippen molar-refractivity contribution in [2.24, 2.45) is 0 Å². The fourth-order valence-electron chi connectivity index (χ4n) is 4.37. The summed E-state index contributed by atoms with van der Waals surface area (Å²) in [5.41, 5.74) is 5.18. The van der Waals surface area contributed by atoms with Crippen molar-refractivity contribution in [1.29, 1.82) is 0 Å². The van der Waals surface area contributed by atoms with Crippen molar-refractivity contribution in [2.75, 3.05) is 0 Å². The first-order valence-corrected chi connectivity index (χ1v) is 11.0. The van der Waals surface area contributed by atoms with E-state index in [1.807, 2.05) is 61.5 Å². The standard InChI is InChI=1S/C24H21NO2S/c1-17-11-13-20(14-12-17)28(26,27)25-23-10-6-5-9-21(23)22-15-19(16-24(22)25)18-7-3-2-4-8-18/h2-14,19H,15-16H2,1H3. The molecule has 0 aliphatic heterocycles. The molecule has 3 nitrogen and oxygen atoms in total. The maximum Gasteiger partial charge on any atom is 0.268 e. The van der Waals surface area contributed by atoms with Gasteiger partial charge in [0.15, 0.2) is 0 Å². The van der Waals surface area contributed by atoms with Crippen molar-refractivity contribution >= 4 is 20.9 Å². The number of hydrogen-bond donors (Lipinski definition) is 0. The minimum Gasteiger partial charge on any atom is -0.238 e. The van der Waals surface area contributed by atoms with Crippen molar-refractivity contribution in [3.05, 3.63) is 101 Å². The highest BCUT2D eigenvalue weighted by molar-refractivity contribution is 7.90.